The van der Waals surface area contributed by atoms with E-state index in [2.05, 4.69) is 5.32 Å². The maximum absolute atomic E-state index is 12.3. The van der Waals surface area contributed by atoms with E-state index in [-0.39, 0.29) is 23.1 Å². The van der Waals surface area contributed by atoms with Gasteiger partial charge in [0.25, 0.3) is 5.91 Å². The van der Waals surface area contributed by atoms with Crippen molar-refractivity contribution < 1.29 is 14.7 Å². The van der Waals surface area contributed by atoms with E-state index in [1.807, 2.05) is 0 Å². The van der Waals surface area contributed by atoms with Gasteiger partial charge in [0.05, 0.1) is 11.3 Å². The summed E-state index contributed by atoms with van der Waals surface area (Å²) in [5.41, 5.74) is 1.76. The summed E-state index contributed by atoms with van der Waals surface area (Å²) in [5, 5.41) is 11.8. The van der Waals surface area contributed by atoms with Crippen molar-refractivity contribution in [2.24, 2.45) is 0 Å². The Morgan fingerprint density at radius 1 is 0.900 bits per heavy atom. The van der Waals surface area contributed by atoms with Crippen LogP contribution in [0.15, 0.2) is 54.2 Å². The molecule has 0 saturated heterocycles. The van der Waals surface area contributed by atoms with Crippen LogP contribution in [0.3, 0.4) is 0 Å². The van der Waals surface area contributed by atoms with Crippen LogP contribution in [0.1, 0.15) is 26.3 Å². The smallest absolute Gasteiger partial charge is 0.256 e. The van der Waals surface area contributed by atoms with Gasteiger partial charge in [0.15, 0.2) is 0 Å². The summed E-state index contributed by atoms with van der Waals surface area (Å²) in [4.78, 5) is 24.2. The number of ketones is 1. The van der Waals surface area contributed by atoms with Crippen molar-refractivity contribution in [2.45, 2.75) is 0 Å². The van der Waals surface area contributed by atoms with Crippen molar-refractivity contribution >= 4 is 17.8 Å². The van der Waals surface area contributed by atoms with Crippen molar-refractivity contribution in [3.63, 3.8) is 0 Å². The molecule has 20 heavy (non-hydrogen) atoms. The molecule has 98 valence electrons. The number of rotatable bonds is 1. The number of phenolic OH excluding ortho intramolecular Hbond substituents is 1. The van der Waals surface area contributed by atoms with Gasteiger partial charge in [0, 0.05) is 5.56 Å². The maximum Gasteiger partial charge on any atom is 0.256 e. The van der Waals surface area contributed by atoms with Crippen molar-refractivity contribution in [3.05, 3.63) is 70.9 Å². The Balaban J connectivity index is 2.03. The van der Waals surface area contributed by atoms with Crippen LogP contribution >= 0.6 is 0 Å². The van der Waals surface area contributed by atoms with E-state index in [1.165, 1.54) is 12.1 Å². The molecule has 0 unspecified atom stereocenters. The third kappa shape index (κ3) is 2.07. The number of Topliss-reactive ketones (excluding diaryl/α,β-unsaturated/α-hetero) is 1. The Kier molecular flexibility index (Phi) is 2.84. The average Bonchev–Trinajstić information content (AvgIpc) is 2.47. The summed E-state index contributed by atoms with van der Waals surface area (Å²) in [7, 11) is 0. The first-order valence-electron chi connectivity index (χ1n) is 6.11. The number of nitrogens with one attached hydrogen (secondary N) is 1. The molecular weight excluding hydrogens is 254 g/mol. The molecule has 2 aromatic carbocycles. The summed E-state index contributed by atoms with van der Waals surface area (Å²) in [5.74, 6) is -0.352. The average molecular weight is 265 g/mol. The molecule has 1 aliphatic rings. The summed E-state index contributed by atoms with van der Waals surface area (Å²) < 4.78 is 0. The van der Waals surface area contributed by atoms with Crippen molar-refractivity contribution in [1.82, 2.24) is 5.32 Å². The molecule has 4 nitrogen and oxygen atoms in total. The normalized spacial score (nSPS) is 15.9. The summed E-state index contributed by atoms with van der Waals surface area (Å²) >= 11 is 0. The second kappa shape index (κ2) is 4.66. The fourth-order valence-electron chi connectivity index (χ4n) is 2.11. The highest BCUT2D eigenvalue weighted by atomic mass is 16.3. The monoisotopic (exact) mass is 265 g/mol. The SMILES string of the molecule is O=C1N/C(=C/c2ccc(O)cc2)C(=O)c2ccccc21. The van der Waals surface area contributed by atoms with Crippen LogP contribution in [0.25, 0.3) is 6.08 Å². The van der Waals surface area contributed by atoms with Gasteiger partial charge in [-0.3, -0.25) is 9.59 Å². The minimum absolute atomic E-state index is 0.150. The Morgan fingerprint density at radius 2 is 1.55 bits per heavy atom. The molecule has 1 heterocycles. The molecule has 0 aromatic heterocycles. The predicted octanol–water partition coefficient (Wildman–Crippen LogP) is 2.36. The van der Waals surface area contributed by atoms with Gasteiger partial charge < -0.3 is 10.4 Å². The van der Waals surface area contributed by atoms with E-state index in [0.717, 1.165) is 5.56 Å². The first-order chi connectivity index (χ1) is 9.65. The number of phenols is 1. The van der Waals surface area contributed by atoms with Crippen LogP contribution in [-0.4, -0.2) is 16.8 Å². The fraction of sp³-hybridized carbons (Fsp3) is 0. The van der Waals surface area contributed by atoms with Gasteiger partial charge >= 0.3 is 0 Å². The molecule has 0 atom stereocenters. The molecular formula is C16H11NO3. The Morgan fingerprint density at radius 3 is 2.25 bits per heavy atom. The molecule has 3 rings (SSSR count). The third-order valence-corrected chi connectivity index (χ3v) is 3.11. The van der Waals surface area contributed by atoms with E-state index in [4.69, 9.17) is 0 Å². The van der Waals surface area contributed by atoms with Crippen molar-refractivity contribution in [2.75, 3.05) is 0 Å². The zero-order chi connectivity index (χ0) is 14.1. The lowest BCUT2D eigenvalue weighted by Gasteiger charge is -2.17. The number of hydrogen-bond donors (Lipinski definition) is 2. The number of carbonyl (C=O) groups excluding carboxylic acids is 2. The van der Waals surface area contributed by atoms with Crippen LogP contribution in [0.5, 0.6) is 5.75 Å². The quantitative estimate of drug-likeness (QED) is 0.778. The van der Waals surface area contributed by atoms with Gasteiger partial charge in [-0.2, -0.15) is 0 Å². The molecule has 0 fully saturated rings. The number of allylic oxidation sites excluding steroid dienone is 1. The predicted molar refractivity (Wildman–Crippen MR) is 74.3 cm³/mol. The Labute approximate surface area is 115 Å². The minimum atomic E-state index is -0.287. The lowest BCUT2D eigenvalue weighted by Crippen LogP contribution is -2.34. The van der Waals surface area contributed by atoms with Gasteiger partial charge in [-0.05, 0) is 29.8 Å². The molecule has 1 amide bonds. The van der Waals surface area contributed by atoms with Gasteiger partial charge in [-0.1, -0.05) is 30.3 Å². The zero-order valence-corrected chi connectivity index (χ0v) is 10.5. The second-order valence-electron chi connectivity index (χ2n) is 4.48. The highest BCUT2D eigenvalue weighted by Crippen LogP contribution is 2.20. The molecule has 2 aromatic rings. The molecule has 0 aliphatic carbocycles. The number of benzene rings is 2. The summed E-state index contributed by atoms with van der Waals surface area (Å²) in [6.07, 6.45) is 1.59. The topological polar surface area (TPSA) is 66.4 Å². The van der Waals surface area contributed by atoms with Crippen molar-refractivity contribution in [3.8, 4) is 5.75 Å². The van der Waals surface area contributed by atoms with Gasteiger partial charge in [-0.25, -0.2) is 0 Å². The van der Waals surface area contributed by atoms with Crippen LogP contribution in [0.2, 0.25) is 0 Å². The minimum Gasteiger partial charge on any atom is -0.508 e. The van der Waals surface area contributed by atoms with Gasteiger partial charge in [0.2, 0.25) is 5.78 Å². The number of amides is 1. The number of hydrogen-bond acceptors (Lipinski definition) is 3. The third-order valence-electron chi connectivity index (χ3n) is 3.11. The summed E-state index contributed by atoms with van der Waals surface area (Å²) in [6.45, 7) is 0. The summed E-state index contributed by atoms with van der Waals surface area (Å²) in [6, 6.07) is 13.1. The van der Waals surface area contributed by atoms with E-state index in [1.54, 1.807) is 42.5 Å². The fourth-order valence-corrected chi connectivity index (χ4v) is 2.11. The zero-order valence-electron chi connectivity index (χ0n) is 10.5. The second-order valence-corrected chi connectivity index (χ2v) is 4.48. The number of aromatic hydroxyl groups is 1. The molecule has 0 radical (unpaired) electrons. The Bertz CT molecular complexity index is 730. The molecule has 1 aliphatic heterocycles. The highest BCUT2D eigenvalue weighted by Gasteiger charge is 2.26. The maximum atomic E-state index is 12.3. The molecule has 2 N–H and O–H groups in total. The lowest BCUT2D eigenvalue weighted by molar-refractivity contribution is 0.0910. The van der Waals surface area contributed by atoms with E-state index in [0.29, 0.717) is 11.1 Å². The van der Waals surface area contributed by atoms with E-state index >= 15 is 0 Å². The first-order valence-corrected chi connectivity index (χ1v) is 6.11. The highest BCUT2D eigenvalue weighted by molar-refractivity contribution is 6.22. The van der Waals surface area contributed by atoms with Crippen LogP contribution in [0, 0.1) is 0 Å². The van der Waals surface area contributed by atoms with E-state index < -0.39 is 0 Å². The van der Waals surface area contributed by atoms with Crippen LogP contribution in [-0.2, 0) is 0 Å². The molecule has 4 heteroatoms. The van der Waals surface area contributed by atoms with Crippen LogP contribution < -0.4 is 5.32 Å². The van der Waals surface area contributed by atoms with E-state index in [9.17, 15) is 14.7 Å². The largest absolute Gasteiger partial charge is 0.508 e. The molecule has 0 saturated carbocycles. The first kappa shape index (κ1) is 12.2. The van der Waals surface area contributed by atoms with Gasteiger partial charge in [0.1, 0.15) is 5.75 Å². The number of carbonyl (C=O) groups is 2. The lowest BCUT2D eigenvalue weighted by atomic mass is 9.96. The van der Waals surface area contributed by atoms with Crippen molar-refractivity contribution in [1.29, 1.82) is 0 Å². The van der Waals surface area contributed by atoms with Gasteiger partial charge in [-0.15, -0.1) is 0 Å². The van der Waals surface area contributed by atoms with Crippen LogP contribution in [0.4, 0.5) is 0 Å². The Hall–Kier alpha value is -2.88. The molecule has 0 spiro atoms. The standard InChI is InChI=1S/C16H11NO3/c18-11-7-5-10(6-8-11)9-14-15(19)12-3-1-2-4-13(12)16(20)17-14/h1-9,18H,(H,17,20)/b14-9+. The number of fused-ring (bicyclic) bond motifs is 1. The molecule has 0 bridgehead atoms.